The van der Waals surface area contributed by atoms with Gasteiger partial charge in [-0.1, -0.05) is 23.8 Å². The second-order valence-electron chi connectivity index (χ2n) is 7.75. The Labute approximate surface area is 144 Å². The maximum Gasteiger partial charge on any atom is 0.166 e. The van der Waals surface area contributed by atoms with Crippen LogP contribution in [-0.2, 0) is 4.79 Å². The standard InChI is InChI=1S/C19H24O3.CH5N/c1-18-7-2-3-16(18)19(22)8-6-12-4-5-15(20)10-13(12)9-14(19)11-17(18)21;1-2/h2,7,9,11-12,15-16,20,22H,3-6,8,10H2,1H3;2H2,1H3/t12?,15?,16?,18?,19-;/m1./s1. The molecule has 24 heavy (non-hydrogen) atoms. The second-order valence-corrected chi connectivity index (χ2v) is 7.75. The molecule has 0 spiro atoms. The third-order valence-corrected chi connectivity index (χ3v) is 6.51. The highest BCUT2D eigenvalue weighted by Gasteiger charge is 2.56. The van der Waals surface area contributed by atoms with Crippen molar-refractivity contribution >= 4 is 5.78 Å². The van der Waals surface area contributed by atoms with Gasteiger partial charge in [-0.05, 0) is 70.1 Å². The second kappa shape index (κ2) is 6.25. The van der Waals surface area contributed by atoms with Gasteiger partial charge in [0.05, 0.1) is 17.1 Å². The lowest BCUT2D eigenvalue weighted by Crippen LogP contribution is -2.51. The first-order valence-corrected chi connectivity index (χ1v) is 9.06. The molecular weight excluding hydrogens is 302 g/mol. The number of aliphatic hydroxyl groups is 2. The molecule has 4 N–H and O–H groups in total. The Balaban J connectivity index is 0.000000815. The van der Waals surface area contributed by atoms with Crippen molar-refractivity contribution in [3.63, 3.8) is 0 Å². The zero-order valence-electron chi connectivity index (χ0n) is 14.7. The van der Waals surface area contributed by atoms with Crippen molar-refractivity contribution in [2.24, 2.45) is 23.0 Å². The number of hydrogen-bond donors (Lipinski definition) is 3. The number of rotatable bonds is 0. The van der Waals surface area contributed by atoms with Crippen molar-refractivity contribution in [1.29, 1.82) is 0 Å². The summed E-state index contributed by atoms with van der Waals surface area (Å²) in [5, 5.41) is 21.4. The number of hydrogen-bond acceptors (Lipinski definition) is 4. The number of nitrogens with two attached hydrogens (primary N) is 1. The number of ketones is 1. The highest BCUT2D eigenvalue weighted by molar-refractivity contribution is 5.99. The quantitative estimate of drug-likeness (QED) is 0.595. The Morgan fingerprint density at radius 3 is 2.71 bits per heavy atom. The number of aliphatic hydroxyl groups excluding tert-OH is 1. The van der Waals surface area contributed by atoms with Crippen LogP contribution in [0.1, 0.15) is 45.4 Å². The topological polar surface area (TPSA) is 83.5 Å². The molecule has 0 saturated heterocycles. The highest BCUT2D eigenvalue weighted by atomic mass is 16.3. The van der Waals surface area contributed by atoms with Gasteiger partial charge >= 0.3 is 0 Å². The lowest BCUT2D eigenvalue weighted by Gasteiger charge is -2.45. The summed E-state index contributed by atoms with van der Waals surface area (Å²) >= 11 is 0. The Kier molecular flexibility index (Phi) is 4.58. The van der Waals surface area contributed by atoms with Gasteiger partial charge in [0, 0.05) is 5.92 Å². The Hall–Kier alpha value is -1.23. The van der Waals surface area contributed by atoms with Crippen molar-refractivity contribution in [3.05, 3.63) is 35.5 Å². The molecule has 4 nitrogen and oxygen atoms in total. The van der Waals surface area contributed by atoms with E-state index in [-0.39, 0.29) is 17.8 Å². The lowest BCUT2D eigenvalue weighted by molar-refractivity contribution is -0.130. The van der Waals surface area contributed by atoms with E-state index in [1.807, 2.05) is 25.2 Å². The van der Waals surface area contributed by atoms with Gasteiger partial charge in [0.15, 0.2) is 5.78 Å². The first kappa shape index (κ1) is 17.6. The molecule has 4 aliphatic rings. The molecule has 0 aliphatic heterocycles. The third kappa shape index (κ3) is 2.52. The van der Waals surface area contributed by atoms with E-state index in [2.05, 4.69) is 5.73 Å². The van der Waals surface area contributed by atoms with Crippen LogP contribution in [0.15, 0.2) is 35.5 Å². The molecule has 0 aromatic heterocycles. The van der Waals surface area contributed by atoms with E-state index in [1.165, 1.54) is 12.6 Å². The Morgan fingerprint density at radius 1 is 1.21 bits per heavy atom. The van der Waals surface area contributed by atoms with Gasteiger partial charge in [0.1, 0.15) is 0 Å². The molecule has 4 aliphatic carbocycles. The van der Waals surface area contributed by atoms with Crippen LogP contribution in [0.4, 0.5) is 0 Å². The van der Waals surface area contributed by atoms with E-state index in [4.69, 9.17) is 0 Å². The van der Waals surface area contributed by atoms with E-state index in [9.17, 15) is 15.0 Å². The molecule has 4 heteroatoms. The minimum absolute atomic E-state index is 0.0468. The average Bonchev–Trinajstić information content (AvgIpc) is 2.92. The van der Waals surface area contributed by atoms with Crippen molar-refractivity contribution < 1.29 is 15.0 Å². The van der Waals surface area contributed by atoms with Crippen LogP contribution in [0.3, 0.4) is 0 Å². The summed E-state index contributed by atoms with van der Waals surface area (Å²) in [6.07, 6.45) is 12.4. The molecule has 132 valence electrons. The molecule has 0 aromatic rings. The van der Waals surface area contributed by atoms with Crippen LogP contribution >= 0.6 is 0 Å². The zero-order chi connectivity index (χ0) is 17.5. The molecule has 4 rings (SSSR count). The smallest absolute Gasteiger partial charge is 0.166 e. The predicted molar refractivity (Wildman–Crippen MR) is 94.2 cm³/mol. The average molecular weight is 331 g/mol. The molecular formula is C20H29NO3. The van der Waals surface area contributed by atoms with E-state index in [0.29, 0.717) is 12.3 Å². The predicted octanol–water partition coefficient (Wildman–Crippen LogP) is 2.27. The third-order valence-electron chi connectivity index (χ3n) is 6.51. The van der Waals surface area contributed by atoms with Gasteiger partial charge in [0.2, 0.25) is 0 Å². The van der Waals surface area contributed by atoms with Gasteiger partial charge < -0.3 is 15.9 Å². The summed E-state index contributed by atoms with van der Waals surface area (Å²) in [7, 11) is 1.50. The van der Waals surface area contributed by atoms with Crippen LogP contribution in [0, 0.1) is 17.3 Å². The normalized spacial score (nSPS) is 43.4. The molecule has 1 saturated carbocycles. The van der Waals surface area contributed by atoms with E-state index >= 15 is 0 Å². The lowest BCUT2D eigenvalue weighted by atomic mass is 9.60. The van der Waals surface area contributed by atoms with Crippen LogP contribution in [0.2, 0.25) is 0 Å². The minimum Gasteiger partial charge on any atom is -0.393 e. The molecule has 0 heterocycles. The van der Waals surface area contributed by atoms with Crippen molar-refractivity contribution in [3.8, 4) is 0 Å². The van der Waals surface area contributed by atoms with Crippen LogP contribution < -0.4 is 5.73 Å². The number of carbonyl (C=O) groups is 1. The number of allylic oxidation sites excluding steroid dienone is 3. The van der Waals surface area contributed by atoms with Gasteiger partial charge in [-0.3, -0.25) is 4.79 Å². The summed E-state index contributed by atoms with van der Waals surface area (Å²) in [5.41, 5.74) is 5.06. The molecule has 4 unspecified atom stereocenters. The molecule has 0 amide bonds. The maximum absolute atomic E-state index is 12.6. The summed E-state index contributed by atoms with van der Waals surface area (Å²) in [6, 6.07) is 0. The minimum atomic E-state index is -0.901. The fourth-order valence-electron chi connectivity index (χ4n) is 5.08. The Bertz CT molecular complexity index is 620. The fourth-order valence-corrected chi connectivity index (χ4v) is 5.08. The summed E-state index contributed by atoms with van der Waals surface area (Å²) in [6.45, 7) is 1.96. The van der Waals surface area contributed by atoms with Gasteiger partial charge in [-0.15, -0.1) is 0 Å². The van der Waals surface area contributed by atoms with Gasteiger partial charge in [-0.25, -0.2) is 0 Å². The number of fused-ring (bicyclic) bond motifs is 4. The number of carbonyl (C=O) groups excluding carboxylic acids is 1. The van der Waals surface area contributed by atoms with Crippen molar-refractivity contribution in [1.82, 2.24) is 0 Å². The molecule has 0 aromatic carbocycles. The van der Waals surface area contributed by atoms with Crippen LogP contribution in [0.5, 0.6) is 0 Å². The first-order valence-electron chi connectivity index (χ1n) is 9.06. The summed E-state index contributed by atoms with van der Waals surface area (Å²) < 4.78 is 0. The van der Waals surface area contributed by atoms with Crippen LogP contribution in [-0.4, -0.2) is 34.7 Å². The zero-order valence-corrected chi connectivity index (χ0v) is 14.7. The SMILES string of the molecule is CC12C=CCC1[C@@]1(O)CCC3CCC(O)CC3=CC1=CC2=O.CN. The molecule has 0 bridgehead atoms. The van der Waals surface area contributed by atoms with E-state index < -0.39 is 11.0 Å². The first-order chi connectivity index (χ1) is 11.4. The molecule has 5 atom stereocenters. The molecule has 0 radical (unpaired) electrons. The van der Waals surface area contributed by atoms with Gasteiger partial charge in [-0.2, -0.15) is 0 Å². The monoisotopic (exact) mass is 331 g/mol. The van der Waals surface area contributed by atoms with Crippen molar-refractivity contribution in [2.45, 2.75) is 57.2 Å². The van der Waals surface area contributed by atoms with E-state index in [1.54, 1.807) is 6.08 Å². The highest BCUT2D eigenvalue weighted by Crippen LogP contribution is 2.55. The van der Waals surface area contributed by atoms with Crippen molar-refractivity contribution in [2.75, 3.05) is 7.05 Å². The van der Waals surface area contributed by atoms with E-state index in [0.717, 1.165) is 37.7 Å². The fraction of sp³-hybridized carbons (Fsp3) is 0.650. The van der Waals surface area contributed by atoms with Gasteiger partial charge in [0.25, 0.3) is 0 Å². The maximum atomic E-state index is 12.6. The largest absolute Gasteiger partial charge is 0.393 e. The molecule has 1 fully saturated rings. The summed E-state index contributed by atoms with van der Waals surface area (Å²) in [4.78, 5) is 12.6. The van der Waals surface area contributed by atoms with Crippen LogP contribution in [0.25, 0.3) is 0 Å². The Morgan fingerprint density at radius 2 is 1.96 bits per heavy atom. The summed E-state index contributed by atoms with van der Waals surface area (Å²) in [5.74, 6) is 0.515.